The van der Waals surface area contributed by atoms with Crippen molar-refractivity contribution in [2.24, 2.45) is 13.0 Å². The number of aliphatic hydroxyl groups is 1. The van der Waals surface area contributed by atoms with Gasteiger partial charge in [-0.3, -0.25) is 18.7 Å². The van der Waals surface area contributed by atoms with E-state index in [2.05, 4.69) is 0 Å². The molecule has 1 saturated heterocycles. The predicted molar refractivity (Wildman–Crippen MR) is 139 cm³/mol. The van der Waals surface area contributed by atoms with Gasteiger partial charge in [-0.15, -0.1) is 11.3 Å². The summed E-state index contributed by atoms with van der Waals surface area (Å²) in [5, 5.41) is 11.9. The van der Waals surface area contributed by atoms with Gasteiger partial charge in [-0.25, -0.2) is 9.18 Å². The summed E-state index contributed by atoms with van der Waals surface area (Å²) in [6, 6.07) is 10.3. The molecule has 1 N–H and O–H groups in total. The van der Waals surface area contributed by atoms with Gasteiger partial charge in [-0.05, 0) is 40.8 Å². The molecule has 2 aromatic heterocycles. The third-order valence-electron chi connectivity index (χ3n) is 6.74. The minimum atomic E-state index is -0.606. The molecule has 0 saturated carbocycles. The van der Waals surface area contributed by atoms with E-state index in [1.165, 1.54) is 30.5 Å². The number of likely N-dealkylation sites (tertiary alicyclic amines) is 1. The van der Waals surface area contributed by atoms with Gasteiger partial charge in [0.1, 0.15) is 10.6 Å². The minimum Gasteiger partial charge on any atom is -0.391 e. The molecule has 0 unspecified atom stereocenters. The summed E-state index contributed by atoms with van der Waals surface area (Å²) in [5.41, 5.74) is 0.167. The van der Waals surface area contributed by atoms with Crippen LogP contribution in [0.4, 0.5) is 4.39 Å². The average molecular weight is 510 g/mol. The summed E-state index contributed by atoms with van der Waals surface area (Å²) in [6.45, 7) is 4.96. The van der Waals surface area contributed by atoms with Gasteiger partial charge in [0.25, 0.3) is 11.5 Å². The summed E-state index contributed by atoms with van der Waals surface area (Å²) in [4.78, 5) is 43.0. The smallest absolute Gasteiger partial charge is 0.331 e. The number of halogens is 1. The van der Waals surface area contributed by atoms with E-state index in [-0.39, 0.29) is 35.1 Å². The summed E-state index contributed by atoms with van der Waals surface area (Å²) >= 11 is 1.27. The summed E-state index contributed by atoms with van der Waals surface area (Å²) in [5.74, 6) is -0.540. The van der Waals surface area contributed by atoms with Crippen LogP contribution in [-0.4, -0.2) is 44.2 Å². The van der Waals surface area contributed by atoms with E-state index in [1.807, 2.05) is 32.0 Å². The van der Waals surface area contributed by atoms with Gasteiger partial charge in [0, 0.05) is 38.0 Å². The van der Waals surface area contributed by atoms with Gasteiger partial charge >= 0.3 is 5.69 Å². The number of nitrogens with zero attached hydrogens (tertiary/aromatic N) is 3. The average Bonchev–Trinajstić information content (AvgIpc) is 3.44. The maximum absolute atomic E-state index is 14.1. The van der Waals surface area contributed by atoms with Crippen LogP contribution in [0.2, 0.25) is 0 Å². The zero-order valence-corrected chi connectivity index (χ0v) is 21.3. The largest absolute Gasteiger partial charge is 0.391 e. The van der Waals surface area contributed by atoms with Crippen LogP contribution in [0.15, 0.2) is 46.0 Å². The first-order valence-corrected chi connectivity index (χ1v) is 12.9. The van der Waals surface area contributed by atoms with E-state index in [0.717, 1.165) is 20.9 Å². The number of carbonyl (C=O) groups is 1. The molecule has 0 spiro atoms. The van der Waals surface area contributed by atoms with Crippen LogP contribution in [0.1, 0.15) is 41.1 Å². The Morgan fingerprint density at radius 3 is 2.69 bits per heavy atom. The Labute approximate surface area is 211 Å². The van der Waals surface area contributed by atoms with Crippen LogP contribution in [0, 0.1) is 11.7 Å². The Kier molecular flexibility index (Phi) is 6.30. The van der Waals surface area contributed by atoms with Gasteiger partial charge < -0.3 is 10.0 Å². The number of fused-ring (bicyclic) bond motifs is 2. The molecule has 2 aromatic carbocycles. The molecular weight excluding hydrogens is 481 g/mol. The maximum atomic E-state index is 14.1. The minimum absolute atomic E-state index is 0.142. The van der Waals surface area contributed by atoms with Crippen molar-refractivity contribution in [2.75, 3.05) is 13.1 Å². The Morgan fingerprint density at radius 2 is 2.00 bits per heavy atom. The topological polar surface area (TPSA) is 84.5 Å². The zero-order valence-electron chi connectivity index (χ0n) is 20.5. The second-order valence-electron chi connectivity index (χ2n) is 9.88. The van der Waals surface area contributed by atoms with Crippen LogP contribution < -0.4 is 11.2 Å². The standard InChI is InChI=1S/C27H28FN3O4S/c1-15(2)13-31-26-23(24(33)29(3)27(31)35)22(25(34)30-10-9-19(32)14-30)21(36-26)11-17-6-4-5-16-7-8-18(28)12-20(16)17/h4-8,12,15,19,32H,9-11,13-14H2,1-3H3/t19-/m0/s1. The Balaban J connectivity index is 1.78. The second-order valence-corrected chi connectivity index (χ2v) is 11.0. The number of β-amino-alcohol motifs (C(OH)–C–C–N with tert-alkyl or cyclic N) is 1. The molecule has 1 amide bonds. The van der Waals surface area contributed by atoms with Crippen LogP contribution in [0.5, 0.6) is 0 Å². The number of aliphatic hydroxyl groups excluding tert-OH is 1. The predicted octanol–water partition coefficient (Wildman–Crippen LogP) is 3.51. The Hall–Kier alpha value is -3.30. The van der Waals surface area contributed by atoms with Gasteiger partial charge in [0.2, 0.25) is 0 Å². The first kappa shape index (κ1) is 24.4. The molecule has 0 bridgehead atoms. The lowest BCUT2D eigenvalue weighted by Crippen LogP contribution is -2.39. The van der Waals surface area contributed by atoms with Crippen molar-refractivity contribution in [1.29, 1.82) is 0 Å². The fourth-order valence-corrected chi connectivity index (χ4v) is 6.28. The summed E-state index contributed by atoms with van der Waals surface area (Å²) in [7, 11) is 1.43. The van der Waals surface area contributed by atoms with Crippen molar-refractivity contribution in [3.63, 3.8) is 0 Å². The number of thiophene rings is 1. The van der Waals surface area contributed by atoms with E-state index in [4.69, 9.17) is 0 Å². The van der Waals surface area contributed by atoms with Crippen LogP contribution >= 0.6 is 11.3 Å². The molecule has 1 aliphatic rings. The molecule has 36 heavy (non-hydrogen) atoms. The van der Waals surface area contributed by atoms with Crippen molar-refractivity contribution in [2.45, 2.75) is 39.3 Å². The first-order valence-electron chi connectivity index (χ1n) is 12.1. The van der Waals surface area contributed by atoms with Crippen molar-refractivity contribution in [1.82, 2.24) is 14.0 Å². The highest BCUT2D eigenvalue weighted by atomic mass is 32.1. The molecule has 4 aromatic rings. The fourth-order valence-electron chi connectivity index (χ4n) is 4.97. The highest BCUT2D eigenvalue weighted by Crippen LogP contribution is 2.34. The van der Waals surface area contributed by atoms with Gasteiger partial charge in [-0.2, -0.15) is 0 Å². The molecule has 1 fully saturated rings. The Morgan fingerprint density at radius 1 is 1.22 bits per heavy atom. The highest BCUT2D eigenvalue weighted by molar-refractivity contribution is 7.19. The number of rotatable bonds is 5. The van der Waals surface area contributed by atoms with Gasteiger partial charge in [0.05, 0.1) is 17.1 Å². The molecule has 188 valence electrons. The molecule has 0 aliphatic carbocycles. The van der Waals surface area contributed by atoms with Crippen molar-refractivity contribution >= 4 is 38.2 Å². The number of aromatic nitrogens is 2. The molecule has 3 heterocycles. The lowest BCUT2D eigenvalue weighted by Gasteiger charge is -2.17. The summed E-state index contributed by atoms with van der Waals surface area (Å²) < 4.78 is 16.8. The monoisotopic (exact) mass is 509 g/mol. The second kappa shape index (κ2) is 9.29. The SMILES string of the molecule is CC(C)Cn1c(=O)n(C)c(=O)c2c(C(=O)N3CC[C@H](O)C3)c(Cc3cccc4ccc(F)cc34)sc21. The van der Waals surface area contributed by atoms with E-state index in [1.54, 1.807) is 15.5 Å². The van der Waals surface area contributed by atoms with Crippen LogP contribution in [0.3, 0.4) is 0 Å². The van der Waals surface area contributed by atoms with Crippen molar-refractivity contribution in [3.8, 4) is 0 Å². The lowest BCUT2D eigenvalue weighted by molar-refractivity contribution is 0.0766. The number of hydrogen-bond acceptors (Lipinski definition) is 5. The number of benzene rings is 2. The normalized spacial score (nSPS) is 16.1. The molecular formula is C27H28FN3O4S. The first-order chi connectivity index (χ1) is 17.2. The van der Waals surface area contributed by atoms with E-state index < -0.39 is 17.4 Å². The van der Waals surface area contributed by atoms with Crippen LogP contribution in [-0.2, 0) is 20.0 Å². The van der Waals surface area contributed by atoms with E-state index in [0.29, 0.717) is 35.6 Å². The number of amides is 1. The quantitative estimate of drug-likeness (QED) is 0.446. The zero-order chi connectivity index (χ0) is 25.7. The molecule has 1 aliphatic heterocycles. The Bertz CT molecular complexity index is 1620. The maximum Gasteiger partial charge on any atom is 0.331 e. The van der Waals surface area contributed by atoms with Crippen molar-refractivity contribution < 1.29 is 14.3 Å². The third kappa shape index (κ3) is 4.16. The van der Waals surface area contributed by atoms with Gasteiger partial charge in [0.15, 0.2) is 0 Å². The van der Waals surface area contributed by atoms with Crippen molar-refractivity contribution in [3.05, 3.63) is 79.1 Å². The van der Waals surface area contributed by atoms with Crippen LogP contribution in [0.25, 0.3) is 21.0 Å². The molecule has 9 heteroatoms. The van der Waals surface area contributed by atoms with E-state index in [9.17, 15) is 23.9 Å². The third-order valence-corrected chi connectivity index (χ3v) is 7.95. The number of hydrogen-bond donors (Lipinski definition) is 1. The molecule has 1 atom stereocenters. The molecule has 7 nitrogen and oxygen atoms in total. The highest BCUT2D eigenvalue weighted by Gasteiger charge is 2.32. The lowest BCUT2D eigenvalue weighted by atomic mass is 9.99. The molecule has 0 radical (unpaired) electrons. The fraction of sp³-hybridized carbons (Fsp3) is 0.370. The molecule has 5 rings (SSSR count). The van der Waals surface area contributed by atoms with Gasteiger partial charge in [-0.1, -0.05) is 38.1 Å². The number of carbonyl (C=O) groups excluding carboxylic acids is 1. The summed E-state index contributed by atoms with van der Waals surface area (Å²) in [6.07, 6.45) is 0.170. The van der Waals surface area contributed by atoms with E-state index >= 15 is 0 Å².